The summed E-state index contributed by atoms with van der Waals surface area (Å²) in [6.07, 6.45) is 1.83. The van der Waals surface area contributed by atoms with Gasteiger partial charge in [0.1, 0.15) is 0 Å². The topological polar surface area (TPSA) is 15.8 Å². The van der Waals surface area contributed by atoms with E-state index in [4.69, 9.17) is 23.8 Å². The van der Waals surface area contributed by atoms with Gasteiger partial charge >= 0.3 is 0 Å². The number of aromatic amines is 1. The number of thiophene rings is 1. The van der Waals surface area contributed by atoms with Gasteiger partial charge in [-0.3, -0.25) is 0 Å². The Balaban J connectivity index is 2.59. The first-order valence-electron chi connectivity index (χ1n) is 3.69. The quantitative estimate of drug-likeness (QED) is 0.725. The van der Waals surface area contributed by atoms with Gasteiger partial charge < -0.3 is 4.98 Å². The summed E-state index contributed by atoms with van der Waals surface area (Å²) >= 11 is 12.6. The number of pyridine rings is 1. The molecule has 0 aliphatic heterocycles. The summed E-state index contributed by atoms with van der Waals surface area (Å²) in [5.41, 5.74) is 0.979. The van der Waals surface area contributed by atoms with Crippen LogP contribution < -0.4 is 0 Å². The van der Waals surface area contributed by atoms with Crippen molar-refractivity contribution in [3.05, 3.63) is 39.3 Å². The molecular formula is C9H6ClNS2. The molecule has 0 atom stereocenters. The van der Waals surface area contributed by atoms with Crippen molar-refractivity contribution in [2.75, 3.05) is 0 Å². The van der Waals surface area contributed by atoms with Gasteiger partial charge in [-0.2, -0.15) is 0 Å². The van der Waals surface area contributed by atoms with E-state index in [1.165, 1.54) is 0 Å². The molecule has 0 radical (unpaired) electrons. The zero-order chi connectivity index (χ0) is 9.26. The summed E-state index contributed by atoms with van der Waals surface area (Å²) < 4.78 is 0.818. The summed E-state index contributed by atoms with van der Waals surface area (Å²) in [7, 11) is 0. The predicted octanol–water partition coefficient (Wildman–Crippen LogP) is 4.13. The zero-order valence-corrected chi connectivity index (χ0v) is 8.97. The van der Waals surface area contributed by atoms with Gasteiger partial charge in [0, 0.05) is 10.7 Å². The summed E-state index contributed by atoms with van der Waals surface area (Å²) in [4.78, 5) is 4.15. The fourth-order valence-electron chi connectivity index (χ4n) is 1.06. The molecule has 13 heavy (non-hydrogen) atoms. The highest BCUT2D eigenvalue weighted by atomic mass is 35.5. The first-order chi connectivity index (χ1) is 6.27. The van der Waals surface area contributed by atoms with E-state index in [9.17, 15) is 0 Å². The lowest BCUT2D eigenvalue weighted by Crippen LogP contribution is -1.78. The van der Waals surface area contributed by atoms with Crippen molar-refractivity contribution < 1.29 is 0 Å². The van der Waals surface area contributed by atoms with Crippen molar-refractivity contribution in [3.8, 4) is 10.6 Å². The lowest BCUT2D eigenvalue weighted by molar-refractivity contribution is 1.33. The minimum Gasteiger partial charge on any atom is -0.360 e. The van der Waals surface area contributed by atoms with E-state index >= 15 is 0 Å². The Bertz CT molecular complexity index is 472. The number of hydrogen-bond acceptors (Lipinski definition) is 2. The summed E-state index contributed by atoms with van der Waals surface area (Å²) in [6, 6.07) is 5.64. The fourth-order valence-corrected chi connectivity index (χ4v) is 2.39. The molecule has 0 unspecified atom stereocenters. The van der Waals surface area contributed by atoms with E-state index < -0.39 is 0 Å². The molecule has 2 rings (SSSR count). The maximum Gasteiger partial charge on any atom is 0.0691 e. The molecule has 0 aliphatic rings. The second-order valence-corrected chi connectivity index (χ2v) is 4.33. The second-order valence-electron chi connectivity index (χ2n) is 2.54. The number of nitrogens with one attached hydrogen (secondary N) is 1. The molecule has 0 saturated carbocycles. The molecule has 0 aliphatic carbocycles. The van der Waals surface area contributed by atoms with Crippen molar-refractivity contribution >= 4 is 35.2 Å². The number of rotatable bonds is 1. The van der Waals surface area contributed by atoms with Gasteiger partial charge in [-0.1, -0.05) is 23.8 Å². The smallest absolute Gasteiger partial charge is 0.0691 e. The third-order valence-electron chi connectivity index (χ3n) is 1.63. The highest BCUT2D eigenvalue weighted by Gasteiger charge is 2.03. The Kier molecular flexibility index (Phi) is 2.49. The van der Waals surface area contributed by atoms with Crippen molar-refractivity contribution in [3.63, 3.8) is 0 Å². The Morgan fingerprint density at radius 3 is 2.85 bits per heavy atom. The van der Waals surface area contributed by atoms with Crippen LogP contribution in [0.15, 0.2) is 29.8 Å². The van der Waals surface area contributed by atoms with Gasteiger partial charge in [0.05, 0.1) is 15.6 Å². The molecule has 1 nitrogen and oxygen atoms in total. The fraction of sp³-hybridized carbons (Fsp3) is 0. The lowest BCUT2D eigenvalue weighted by Gasteiger charge is -1.97. The van der Waals surface area contributed by atoms with Crippen LogP contribution in [0.1, 0.15) is 0 Å². The highest BCUT2D eigenvalue weighted by molar-refractivity contribution is 7.71. The van der Waals surface area contributed by atoms with Crippen LogP contribution in [0, 0.1) is 4.51 Å². The lowest BCUT2D eigenvalue weighted by atomic mass is 10.3. The van der Waals surface area contributed by atoms with Crippen LogP contribution in [0.5, 0.6) is 0 Å². The SMILES string of the molecule is S=c1cc[nH]c(-c2sccc2Cl)c1. The third-order valence-corrected chi connectivity index (χ3v) is 3.26. The van der Waals surface area contributed by atoms with Gasteiger partial charge in [-0.15, -0.1) is 11.3 Å². The average Bonchev–Trinajstić information content (AvgIpc) is 2.51. The first kappa shape index (κ1) is 8.94. The van der Waals surface area contributed by atoms with Crippen molar-refractivity contribution in [2.45, 2.75) is 0 Å². The molecule has 1 N–H and O–H groups in total. The van der Waals surface area contributed by atoms with E-state index in [0.717, 1.165) is 20.1 Å². The molecular weight excluding hydrogens is 222 g/mol. The first-order valence-corrected chi connectivity index (χ1v) is 5.36. The van der Waals surface area contributed by atoms with E-state index in [0.29, 0.717) is 0 Å². The summed E-state index contributed by atoms with van der Waals surface area (Å²) in [5, 5.41) is 2.73. The van der Waals surface area contributed by atoms with E-state index in [2.05, 4.69) is 4.98 Å². The molecule has 4 heteroatoms. The van der Waals surface area contributed by atoms with Gasteiger partial charge in [-0.05, 0) is 23.6 Å². The molecule has 2 heterocycles. The van der Waals surface area contributed by atoms with Gasteiger partial charge in [0.25, 0.3) is 0 Å². The van der Waals surface area contributed by atoms with Crippen LogP contribution in [0.4, 0.5) is 0 Å². The third kappa shape index (κ3) is 1.82. The van der Waals surface area contributed by atoms with Gasteiger partial charge in [-0.25, -0.2) is 0 Å². The van der Waals surface area contributed by atoms with E-state index in [-0.39, 0.29) is 0 Å². The van der Waals surface area contributed by atoms with Crippen LogP contribution >= 0.6 is 35.2 Å². The average molecular weight is 228 g/mol. The molecule has 0 fully saturated rings. The molecule has 0 spiro atoms. The minimum absolute atomic E-state index is 0.766. The largest absolute Gasteiger partial charge is 0.360 e. The number of aromatic nitrogens is 1. The van der Waals surface area contributed by atoms with Gasteiger partial charge in [0.15, 0.2) is 0 Å². The van der Waals surface area contributed by atoms with Crippen LogP contribution in [-0.2, 0) is 0 Å². The van der Waals surface area contributed by atoms with Crippen molar-refractivity contribution in [1.29, 1.82) is 0 Å². The zero-order valence-electron chi connectivity index (χ0n) is 6.58. The van der Waals surface area contributed by atoms with E-state index in [1.54, 1.807) is 11.3 Å². The van der Waals surface area contributed by atoms with Crippen LogP contribution in [0.3, 0.4) is 0 Å². The Hall–Kier alpha value is -0.640. The van der Waals surface area contributed by atoms with Crippen LogP contribution in [0.25, 0.3) is 10.6 Å². The maximum absolute atomic E-state index is 5.98. The maximum atomic E-state index is 5.98. The Morgan fingerprint density at radius 2 is 2.23 bits per heavy atom. The Morgan fingerprint density at radius 1 is 1.38 bits per heavy atom. The number of hydrogen-bond donors (Lipinski definition) is 1. The summed E-state index contributed by atoms with van der Waals surface area (Å²) in [5.74, 6) is 0. The minimum atomic E-state index is 0.766. The van der Waals surface area contributed by atoms with Crippen LogP contribution in [0.2, 0.25) is 5.02 Å². The van der Waals surface area contributed by atoms with Gasteiger partial charge in [0.2, 0.25) is 0 Å². The molecule has 0 bridgehead atoms. The highest BCUT2D eigenvalue weighted by Crippen LogP contribution is 2.31. The molecule has 0 aromatic carbocycles. The van der Waals surface area contributed by atoms with Crippen molar-refractivity contribution in [2.24, 2.45) is 0 Å². The van der Waals surface area contributed by atoms with Crippen LogP contribution in [-0.4, -0.2) is 4.98 Å². The Labute approximate surface area is 90.0 Å². The molecule has 2 aromatic rings. The molecule has 0 saturated heterocycles. The second kappa shape index (κ2) is 3.62. The number of H-pyrrole nitrogens is 1. The number of halogens is 1. The normalized spacial score (nSPS) is 10.2. The predicted molar refractivity (Wildman–Crippen MR) is 59.9 cm³/mol. The monoisotopic (exact) mass is 227 g/mol. The molecule has 0 amide bonds. The molecule has 66 valence electrons. The van der Waals surface area contributed by atoms with E-state index in [1.807, 2.05) is 29.8 Å². The standard InChI is InChI=1S/C9H6ClNS2/c10-7-2-4-13-9(7)8-5-6(12)1-3-11-8/h1-5H,(H,11,12). The molecule has 2 aromatic heterocycles. The van der Waals surface area contributed by atoms with Crippen molar-refractivity contribution in [1.82, 2.24) is 4.98 Å². The summed E-state index contributed by atoms with van der Waals surface area (Å²) in [6.45, 7) is 0.